The molecule has 2 N–H and O–H groups in total. The summed E-state index contributed by atoms with van der Waals surface area (Å²) >= 11 is 0. The Morgan fingerprint density at radius 3 is 2.78 bits per heavy atom. The third-order valence-corrected chi connectivity index (χ3v) is 3.33. The van der Waals surface area contributed by atoms with Gasteiger partial charge in [-0.15, -0.1) is 0 Å². The van der Waals surface area contributed by atoms with Crippen LogP contribution in [0, 0.1) is 5.92 Å². The third kappa shape index (κ3) is 2.06. The fourth-order valence-electron chi connectivity index (χ4n) is 1.96. The molecule has 2 aromatic rings. The number of para-hydroxylation sites is 1. The molecule has 4 nitrogen and oxygen atoms in total. The van der Waals surface area contributed by atoms with Gasteiger partial charge in [0.05, 0.1) is 12.8 Å². The minimum absolute atomic E-state index is 0.664. The summed E-state index contributed by atoms with van der Waals surface area (Å²) in [6, 6.07) is 7.99. The quantitative estimate of drug-likeness (QED) is 0.897. The maximum absolute atomic E-state index is 6.02. The number of nitrogens with zero attached hydrogens (tertiary/aromatic N) is 2. The molecule has 4 heteroatoms. The maximum atomic E-state index is 6.02. The van der Waals surface area contributed by atoms with E-state index in [1.54, 1.807) is 10.9 Å². The average molecular weight is 243 g/mol. The van der Waals surface area contributed by atoms with Gasteiger partial charge in [0.25, 0.3) is 0 Å². The number of ether oxygens (including phenoxy) is 1. The van der Waals surface area contributed by atoms with Crippen molar-refractivity contribution in [2.24, 2.45) is 13.0 Å². The number of rotatable bonds is 4. The van der Waals surface area contributed by atoms with Gasteiger partial charge in [-0.05, 0) is 24.8 Å². The molecule has 0 atom stereocenters. The number of nitrogen functional groups attached to an aromatic ring is 1. The monoisotopic (exact) mass is 243 g/mol. The van der Waals surface area contributed by atoms with Gasteiger partial charge < -0.3 is 10.5 Å². The average Bonchev–Trinajstić information content (AvgIpc) is 3.16. The Labute approximate surface area is 106 Å². The van der Waals surface area contributed by atoms with Gasteiger partial charge in [0.2, 0.25) is 0 Å². The first-order valence-corrected chi connectivity index (χ1v) is 6.25. The van der Waals surface area contributed by atoms with Crippen molar-refractivity contribution >= 4 is 5.82 Å². The lowest BCUT2D eigenvalue weighted by molar-refractivity contribution is 0.301. The molecule has 0 unspecified atom stereocenters. The summed E-state index contributed by atoms with van der Waals surface area (Å²) in [6.45, 7) is 0.803. The molecule has 18 heavy (non-hydrogen) atoms. The molecule has 1 aromatic carbocycles. The summed E-state index contributed by atoms with van der Waals surface area (Å²) in [4.78, 5) is 0. The van der Waals surface area contributed by atoms with E-state index in [0.717, 1.165) is 29.4 Å². The van der Waals surface area contributed by atoms with Gasteiger partial charge in [-0.25, -0.2) is 0 Å². The molecule has 0 amide bonds. The smallest absolute Gasteiger partial charge is 0.129 e. The predicted octanol–water partition coefficient (Wildman–Crippen LogP) is 2.46. The Morgan fingerprint density at radius 2 is 2.11 bits per heavy atom. The van der Waals surface area contributed by atoms with Gasteiger partial charge in [0, 0.05) is 18.2 Å². The number of anilines is 1. The van der Waals surface area contributed by atoms with Crippen LogP contribution in [0.3, 0.4) is 0 Å². The predicted molar refractivity (Wildman–Crippen MR) is 71.3 cm³/mol. The molecule has 0 radical (unpaired) electrons. The van der Waals surface area contributed by atoms with E-state index in [0.29, 0.717) is 5.82 Å². The zero-order valence-corrected chi connectivity index (χ0v) is 10.5. The van der Waals surface area contributed by atoms with Gasteiger partial charge in [-0.1, -0.05) is 18.2 Å². The van der Waals surface area contributed by atoms with Crippen LogP contribution < -0.4 is 10.5 Å². The Balaban J connectivity index is 1.92. The van der Waals surface area contributed by atoms with E-state index in [2.05, 4.69) is 5.10 Å². The van der Waals surface area contributed by atoms with E-state index in [1.807, 2.05) is 31.3 Å². The van der Waals surface area contributed by atoms with E-state index in [4.69, 9.17) is 10.5 Å². The molecule has 1 aliphatic rings. The first kappa shape index (κ1) is 11.1. The number of hydrogen-bond donors (Lipinski definition) is 1. The maximum Gasteiger partial charge on any atom is 0.129 e. The topological polar surface area (TPSA) is 53.1 Å². The lowest BCUT2D eigenvalue weighted by Gasteiger charge is -2.10. The summed E-state index contributed by atoms with van der Waals surface area (Å²) in [5.74, 6) is 2.30. The minimum Gasteiger partial charge on any atom is -0.493 e. The number of benzene rings is 1. The Bertz CT molecular complexity index is 558. The number of nitrogens with two attached hydrogens (primary N) is 1. The van der Waals surface area contributed by atoms with Crippen LogP contribution in [-0.4, -0.2) is 16.4 Å². The highest BCUT2D eigenvalue weighted by Gasteiger charge is 2.22. The van der Waals surface area contributed by atoms with Crippen molar-refractivity contribution in [3.05, 3.63) is 30.5 Å². The first-order valence-electron chi connectivity index (χ1n) is 6.25. The first-order chi connectivity index (χ1) is 8.75. The standard InChI is InChI=1S/C14H17N3O/c1-17-14(15)12(8-16-17)11-4-2-3-5-13(11)18-9-10-6-7-10/h2-5,8,10H,6-7,9,15H2,1H3. The van der Waals surface area contributed by atoms with E-state index in [9.17, 15) is 0 Å². The van der Waals surface area contributed by atoms with Crippen molar-refractivity contribution in [3.8, 4) is 16.9 Å². The van der Waals surface area contributed by atoms with Crippen molar-refractivity contribution in [1.29, 1.82) is 0 Å². The SMILES string of the molecule is Cn1ncc(-c2ccccc2OCC2CC2)c1N. The highest BCUT2D eigenvalue weighted by molar-refractivity contribution is 5.78. The highest BCUT2D eigenvalue weighted by Crippen LogP contribution is 2.35. The second-order valence-electron chi connectivity index (χ2n) is 4.82. The van der Waals surface area contributed by atoms with Gasteiger partial charge in [-0.3, -0.25) is 4.68 Å². The fraction of sp³-hybridized carbons (Fsp3) is 0.357. The van der Waals surface area contributed by atoms with E-state index >= 15 is 0 Å². The summed E-state index contributed by atoms with van der Waals surface area (Å²) in [5.41, 5.74) is 7.97. The normalized spacial score (nSPS) is 14.7. The molecule has 1 fully saturated rings. The molecule has 1 heterocycles. The van der Waals surface area contributed by atoms with Gasteiger partial charge in [0.15, 0.2) is 0 Å². The summed E-state index contributed by atoms with van der Waals surface area (Å²) < 4.78 is 7.56. The van der Waals surface area contributed by atoms with E-state index < -0.39 is 0 Å². The molecule has 3 rings (SSSR count). The van der Waals surface area contributed by atoms with Crippen molar-refractivity contribution in [3.63, 3.8) is 0 Å². The lowest BCUT2D eigenvalue weighted by atomic mass is 10.1. The third-order valence-electron chi connectivity index (χ3n) is 3.33. The van der Waals surface area contributed by atoms with Crippen LogP contribution in [0.1, 0.15) is 12.8 Å². The van der Waals surface area contributed by atoms with Gasteiger partial charge in [-0.2, -0.15) is 5.10 Å². The van der Waals surface area contributed by atoms with Crippen LogP contribution in [0.25, 0.3) is 11.1 Å². The molecular formula is C14H17N3O. The van der Waals surface area contributed by atoms with Crippen LogP contribution in [0.2, 0.25) is 0 Å². The van der Waals surface area contributed by atoms with Crippen molar-refractivity contribution in [1.82, 2.24) is 9.78 Å². The van der Waals surface area contributed by atoms with Crippen molar-refractivity contribution < 1.29 is 4.74 Å². The second kappa shape index (κ2) is 4.37. The number of aryl methyl sites for hydroxylation is 1. The minimum atomic E-state index is 0.664. The molecule has 1 aromatic heterocycles. The van der Waals surface area contributed by atoms with E-state index in [-0.39, 0.29) is 0 Å². The van der Waals surface area contributed by atoms with Gasteiger partial charge >= 0.3 is 0 Å². The molecule has 1 aliphatic carbocycles. The Morgan fingerprint density at radius 1 is 1.33 bits per heavy atom. The zero-order valence-electron chi connectivity index (χ0n) is 10.5. The molecule has 1 saturated carbocycles. The van der Waals surface area contributed by atoms with Crippen LogP contribution in [0.5, 0.6) is 5.75 Å². The van der Waals surface area contributed by atoms with E-state index in [1.165, 1.54) is 12.8 Å². The molecular weight excluding hydrogens is 226 g/mol. The van der Waals surface area contributed by atoms with Crippen LogP contribution in [-0.2, 0) is 7.05 Å². The second-order valence-corrected chi connectivity index (χ2v) is 4.82. The zero-order chi connectivity index (χ0) is 12.5. The summed E-state index contributed by atoms with van der Waals surface area (Å²) in [5, 5.41) is 4.18. The fourth-order valence-corrected chi connectivity index (χ4v) is 1.96. The molecule has 0 spiro atoms. The molecule has 0 bridgehead atoms. The number of aromatic nitrogens is 2. The molecule has 0 saturated heterocycles. The molecule has 94 valence electrons. The van der Waals surface area contributed by atoms with Crippen molar-refractivity contribution in [2.75, 3.05) is 12.3 Å². The lowest BCUT2D eigenvalue weighted by Crippen LogP contribution is -2.01. The Hall–Kier alpha value is -1.97. The van der Waals surface area contributed by atoms with Crippen LogP contribution in [0.15, 0.2) is 30.5 Å². The van der Waals surface area contributed by atoms with Crippen LogP contribution in [0.4, 0.5) is 5.82 Å². The number of hydrogen-bond acceptors (Lipinski definition) is 3. The molecule has 0 aliphatic heterocycles. The van der Waals surface area contributed by atoms with Gasteiger partial charge in [0.1, 0.15) is 11.6 Å². The summed E-state index contributed by atoms with van der Waals surface area (Å²) in [6.07, 6.45) is 4.36. The van der Waals surface area contributed by atoms with Crippen molar-refractivity contribution in [2.45, 2.75) is 12.8 Å². The Kier molecular flexibility index (Phi) is 2.70. The largest absolute Gasteiger partial charge is 0.493 e. The summed E-state index contributed by atoms with van der Waals surface area (Å²) in [7, 11) is 1.84. The van der Waals surface area contributed by atoms with Crippen LogP contribution >= 0.6 is 0 Å². The highest BCUT2D eigenvalue weighted by atomic mass is 16.5.